The maximum Gasteiger partial charge on any atom is 0.221 e. The van der Waals surface area contributed by atoms with Crippen molar-refractivity contribution in [2.24, 2.45) is 0 Å². The molecule has 8 heteroatoms. The van der Waals surface area contributed by atoms with Crippen molar-refractivity contribution in [1.82, 2.24) is 16.0 Å². The van der Waals surface area contributed by atoms with Gasteiger partial charge in [0, 0.05) is 62.7 Å². The Morgan fingerprint density at radius 3 is 1.69 bits per heavy atom. The predicted octanol–water partition coefficient (Wildman–Crippen LogP) is 1.41. The minimum atomic E-state index is -0.201. The molecule has 7 nitrogen and oxygen atoms in total. The summed E-state index contributed by atoms with van der Waals surface area (Å²) < 4.78 is 0. The second-order valence-electron chi connectivity index (χ2n) is 6.03. The standard InChI is InChI=1S/C18H33N3O4S/c1-4-14(3)26-13-9-18(25)21-12-8-17(24)20-11-7-16(23)19-10-6-15(22)5-2/h14H,4-13H2,1-3H3,(H,19,23)(H,20,24)(H,21,25). The fourth-order valence-corrected chi connectivity index (χ4v) is 2.83. The lowest BCUT2D eigenvalue weighted by molar-refractivity contribution is -0.122. The van der Waals surface area contributed by atoms with Crippen LogP contribution in [0, 0.1) is 0 Å². The Morgan fingerprint density at radius 1 is 0.769 bits per heavy atom. The number of ketones is 1. The summed E-state index contributed by atoms with van der Waals surface area (Å²) in [6.07, 6.45) is 2.71. The van der Waals surface area contributed by atoms with Crippen LogP contribution in [0.1, 0.15) is 59.3 Å². The van der Waals surface area contributed by atoms with Crippen molar-refractivity contribution >= 4 is 35.3 Å². The lowest BCUT2D eigenvalue weighted by Crippen LogP contribution is -2.34. The summed E-state index contributed by atoms with van der Waals surface area (Å²) >= 11 is 1.77. The third-order valence-electron chi connectivity index (χ3n) is 3.78. The van der Waals surface area contributed by atoms with Crippen molar-refractivity contribution in [2.75, 3.05) is 25.4 Å². The van der Waals surface area contributed by atoms with Gasteiger partial charge in [0.05, 0.1) is 0 Å². The zero-order valence-corrected chi connectivity index (χ0v) is 17.0. The van der Waals surface area contributed by atoms with E-state index in [1.54, 1.807) is 18.7 Å². The van der Waals surface area contributed by atoms with Crippen molar-refractivity contribution in [3.8, 4) is 0 Å². The fraction of sp³-hybridized carbons (Fsp3) is 0.778. The highest BCUT2D eigenvalue weighted by molar-refractivity contribution is 7.99. The van der Waals surface area contributed by atoms with E-state index in [4.69, 9.17) is 0 Å². The second-order valence-corrected chi connectivity index (χ2v) is 7.58. The summed E-state index contributed by atoms with van der Waals surface area (Å²) in [4.78, 5) is 45.9. The molecule has 0 aliphatic rings. The average Bonchev–Trinajstić information content (AvgIpc) is 2.61. The number of amides is 3. The number of hydrogen-bond acceptors (Lipinski definition) is 5. The van der Waals surface area contributed by atoms with Gasteiger partial charge in [-0.3, -0.25) is 19.2 Å². The van der Waals surface area contributed by atoms with Gasteiger partial charge in [-0.05, 0) is 6.42 Å². The number of Topliss-reactive ketones (excluding diaryl/α,β-unsaturated/α-hetero) is 1. The molecule has 150 valence electrons. The van der Waals surface area contributed by atoms with Gasteiger partial charge in [-0.1, -0.05) is 20.8 Å². The molecule has 0 radical (unpaired) electrons. The monoisotopic (exact) mass is 387 g/mol. The van der Waals surface area contributed by atoms with Crippen LogP contribution in [0.2, 0.25) is 0 Å². The smallest absolute Gasteiger partial charge is 0.221 e. The van der Waals surface area contributed by atoms with Gasteiger partial charge in [-0.2, -0.15) is 11.8 Å². The maximum atomic E-state index is 11.6. The highest BCUT2D eigenvalue weighted by Gasteiger charge is 2.07. The summed E-state index contributed by atoms with van der Waals surface area (Å²) in [5.41, 5.74) is 0. The Kier molecular flexibility index (Phi) is 14.7. The molecule has 0 aromatic heterocycles. The quantitative estimate of drug-likeness (QED) is 0.394. The molecule has 0 spiro atoms. The molecule has 3 amide bonds. The van der Waals surface area contributed by atoms with Crippen molar-refractivity contribution < 1.29 is 19.2 Å². The summed E-state index contributed by atoms with van der Waals surface area (Å²) in [5.74, 6) is 0.453. The Balaban J connectivity index is 3.60. The summed E-state index contributed by atoms with van der Waals surface area (Å²) in [6, 6.07) is 0. The topological polar surface area (TPSA) is 104 Å². The van der Waals surface area contributed by atoms with E-state index >= 15 is 0 Å². The molecule has 0 aliphatic carbocycles. The van der Waals surface area contributed by atoms with E-state index in [1.807, 2.05) is 0 Å². The van der Waals surface area contributed by atoms with Crippen molar-refractivity contribution in [1.29, 1.82) is 0 Å². The third kappa shape index (κ3) is 14.7. The Labute approximate surface area is 160 Å². The van der Waals surface area contributed by atoms with E-state index in [-0.39, 0.29) is 42.9 Å². The number of hydrogen-bond donors (Lipinski definition) is 3. The molecule has 26 heavy (non-hydrogen) atoms. The molecule has 0 bridgehead atoms. The molecule has 0 aromatic carbocycles. The molecule has 0 fully saturated rings. The Bertz CT molecular complexity index is 458. The second kappa shape index (κ2) is 15.7. The first-order valence-corrected chi connectivity index (χ1v) is 10.4. The lowest BCUT2D eigenvalue weighted by atomic mass is 10.2. The highest BCUT2D eigenvalue weighted by atomic mass is 32.2. The normalized spacial score (nSPS) is 11.5. The first-order chi connectivity index (χ1) is 12.4. The van der Waals surface area contributed by atoms with Gasteiger partial charge < -0.3 is 16.0 Å². The van der Waals surface area contributed by atoms with Crippen LogP contribution in [0.3, 0.4) is 0 Å². The van der Waals surface area contributed by atoms with E-state index in [0.717, 1.165) is 12.2 Å². The van der Waals surface area contributed by atoms with Crippen molar-refractivity contribution in [3.63, 3.8) is 0 Å². The number of carbonyl (C=O) groups is 4. The van der Waals surface area contributed by atoms with Gasteiger partial charge in [-0.15, -0.1) is 0 Å². The molecule has 1 atom stereocenters. The van der Waals surface area contributed by atoms with E-state index in [9.17, 15) is 19.2 Å². The Hall–Kier alpha value is -1.57. The summed E-state index contributed by atoms with van der Waals surface area (Å²) in [5, 5.41) is 8.56. The molecule has 3 N–H and O–H groups in total. The molecular weight excluding hydrogens is 354 g/mol. The van der Waals surface area contributed by atoms with E-state index in [0.29, 0.717) is 37.6 Å². The van der Waals surface area contributed by atoms with Gasteiger partial charge in [0.1, 0.15) is 5.78 Å². The summed E-state index contributed by atoms with van der Waals surface area (Å²) in [6.45, 7) is 6.91. The third-order valence-corrected chi connectivity index (χ3v) is 5.12. The van der Waals surface area contributed by atoms with Crippen molar-refractivity contribution in [2.45, 2.75) is 64.5 Å². The van der Waals surface area contributed by atoms with E-state index in [2.05, 4.69) is 29.8 Å². The number of carbonyl (C=O) groups excluding carboxylic acids is 4. The van der Waals surface area contributed by atoms with Crippen LogP contribution < -0.4 is 16.0 Å². The fourth-order valence-electron chi connectivity index (χ4n) is 1.88. The van der Waals surface area contributed by atoms with E-state index in [1.165, 1.54) is 0 Å². The zero-order chi connectivity index (χ0) is 19.8. The Morgan fingerprint density at radius 2 is 1.23 bits per heavy atom. The SMILES string of the molecule is CCC(=O)CCNC(=O)CCNC(=O)CCNC(=O)CCSC(C)CC. The first kappa shape index (κ1) is 24.4. The van der Waals surface area contributed by atoms with Crippen LogP contribution in [0.4, 0.5) is 0 Å². The van der Waals surface area contributed by atoms with Crippen molar-refractivity contribution in [3.05, 3.63) is 0 Å². The predicted molar refractivity (Wildman–Crippen MR) is 105 cm³/mol. The molecule has 0 aromatic rings. The van der Waals surface area contributed by atoms with Gasteiger partial charge >= 0.3 is 0 Å². The van der Waals surface area contributed by atoms with Crippen LogP contribution in [-0.2, 0) is 19.2 Å². The minimum absolute atomic E-state index is 0.0467. The largest absolute Gasteiger partial charge is 0.356 e. The molecule has 0 aliphatic heterocycles. The number of nitrogens with one attached hydrogen (secondary N) is 3. The maximum absolute atomic E-state index is 11.6. The molecule has 0 rings (SSSR count). The van der Waals surface area contributed by atoms with Crippen LogP contribution in [0.25, 0.3) is 0 Å². The first-order valence-electron chi connectivity index (χ1n) is 9.32. The molecule has 1 unspecified atom stereocenters. The van der Waals surface area contributed by atoms with Crippen LogP contribution in [-0.4, -0.2) is 54.1 Å². The van der Waals surface area contributed by atoms with Gasteiger partial charge in [0.2, 0.25) is 17.7 Å². The van der Waals surface area contributed by atoms with Crippen LogP contribution >= 0.6 is 11.8 Å². The number of thioether (sulfide) groups is 1. The minimum Gasteiger partial charge on any atom is -0.356 e. The van der Waals surface area contributed by atoms with Gasteiger partial charge in [0.25, 0.3) is 0 Å². The molecule has 0 heterocycles. The number of rotatable bonds is 15. The molecular formula is C18H33N3O4S. The van der Waals surface area contributed by atoms with Gasteiger partial charge in [-0.25, -0.2) is 0 Å². The summed E-state index contributed by atoms with van der Waals surface area (Å²) in [7, 11) is 0. The van der Waals surface area contributed by atoms with Crippen LogP contribution in [0.15, 0.2) is 0 Å². The lowest BCUT2D eigenvalue weighted by Gasteiger charge is -2.09. The van der Waals surface area contributed by atoms with Crippen LogP contribution in [0.5, 0.6) is 0 Å². The average molecular weight is 388 g/mol. The molecule has 0 saturated carbocycles. The van der Waals surface area contributed by atoms with E-state index < -0.39 is 0 Å². The molecule has 0 saturated heterocycles. The zero-order valence-electron chi connectivity index (χ0n) is 16.2. The highest BCUT2D eigenvalue weighted by Crippen LogP contribution is 2.13. The van der Waals surface area contributed by atoms with Gasteiger partial charge in [0.15, 0.2) is 0 Å².